The summed E-state index contributed by atoms with van der Waals surface area (Å²) < 4.78 is 15.2. The van der Waals surface area contributed by atoms with Crippen molar-refractivity contribution in [1.29, 1.82) is 0 Å². The van der Waals surface area contributed by atoms with Gasteiger partial charge in [0, 0.05) is 79.4 Å². The summed E-state index contributed by atoms with van der Waals surface area (Å²) in [6.45, 7) is 8.10. The maximum atomic E-state index is 13.4. The highest BCUT2D eigenvalue weighted by Gasteiger charge is 2.23. The second-order valence-electron chi connectivity index (χ2n) is 10.8. The molecule has 1 fully saturated rings. The van der Waals surface area contributed by atoms with Gasteiger partial charge in [0.2, 0.25) is 5.95 Å². The van der Waals surface area contributed by atoms with Crippen LogP contribution in [0.15, 0.2) is 91.5 Å². The van der Waals surface area contributed by atoms with Crippen molar-refractivity contribution in [3.8, 4) is 22.5 Å². The van der Waals surface area contributed by atoms with Crippen molar-refractivity contribution < 1.29 is 9.18 Å². The molecule has 4 heterocycles. The van der Waals surface area contributed by atoms with E-state index in [2.05, 4.69) is 34.0 Å². The first-order valence-electron chi connectivity index (χ1n) is 14.4. The smallest absolute Gasteiger partial charge is 0.253 e. The molecule has 0 unspecified atom stereocenters. The molecule has 1 aliphatic rings. The number of aromatic nitrogens is 5. The van der Waals surface area contributed by atoms with Crippen molar-refractivity contribution in [1.82, 2.24) is 34.5 Å². The van der Waals surface area contributed by atoms with Crippen LogP contribution in [0.1, 0.15) is 29.8 Å². The van der Waals surface area contributed by atoms with Crippen molar-refractivity contribution in [2.75, 3.05) is 31.5 Å². The predicted octanol–water partition coefficient (Wildman–Crippen LogP) is 5.50. The fourth-order valence-corrected chi connectivity index (χ4v) is 5.20. The standard InChI is InChI=1S/C33H33FN8O/c1-23(2)40-16-18-41(19-17-40)32(43)25-7-11-28(12-8-25)37-33-36-15-13-30(38-33)29-22-42(21-24-5-9-27(34)10-6-24)39-31(29)26-4-3-14-35-20-26/h3-15,20,22-23H,16-19,21H2,1-2H3,(H,36,37,38). The van der Waals surface area contributed by atoms with Crippen LogP contribution >= 0.6 is 0 Å². The molecule has 0 saturated carbocycles. The van der Waals surface area contributed by atoms with Gasteiger partial charge in [-0.2, -0.15) is 5.10 Å². The summed E-state index contributed by atoms with van der Waals surface area (Å²) in [5.41, 5.74) is 5.46. The van der Waals surface area contributed by atoms with Crippen LogP contribution in [0.25, 0.3) is 22.5 Å². The number of rotatable bonds is 8. The number of nitrogens with zero attached hydrogens (tertiary/aromatic N) is 7. The minimum atomic E-state index is -0.275. The monoisotopic (exact) mass is 576 g/mol. The van der Waals surface area contributed by atoms with Gasteiger partial charge in [-0.1, -0.05) is 12.1 Å². The lowest BCUT2D eigenvalue weighted by atomic mass is 10.1. The largest absolute Gasteiger partial charge is 0.336 e. The molecule has 43 heavy (non-hydrogen) atoms. The second kappa shape index (κ2) is 12.5. The molecule has 0 radical (unpaired) electrons. The van der Waals surface area contributed by atoms with Gasteiger partial charge in [0.05, 0.1) is 12.2 Å². The van der Waals surface area contributed by atoms with E-state index in [-0.39, 0.29) is 11.7 Å². The number of nitrogens with one attached hydrogen (secondary N) is 1. The Bertz CT molecular complexity index is 1680. The third-order valence-electron chi connectivity index (χ3n) is 7.61. The molecule has 9 nitrogen and oxygen atoms in total. The number of halogens is 1. The molecule has 2 aromatic carbocycles. The summed E-state index contributed by atoms with van der Waals surface area (Å²) in [6, 6.07) is 19.9. The molecular formula is C33H33FN8O. The molecule has 3 aromatic heterocycles. The molecule has 0 spiro atoms. The SMILES string of the molecule is CC(C)N1CCN(C(=O)c2ccc(Nc3nccc(-c4cn(Cc5ccc(F)cc5)nc4-c4cccnc4)n3)cc2)CC1. The lowest BCUT2D eigenvalue weighted by molar-refractivity contribution is 0.0595. The number of hydrogen-bond acceptors (Lipinski definition) is 7. The zero-order valence-corrected chi connectivity index (χ0v) is 24.2. The first kappa shape index (κ1) is 28.2. The number of anilines is 2. The van der Waals surface area contributed by atoms with Crippen LogP contribution in [-0.2, 0) is 6.54 Å². The van der Waals surface area contributed by atoms with Crippen LogP contribution in [0, 0.1) is 5.82 Å². The summed E-state index contributed by atoms with van der Waals surface area (Å²) in [5.74, 6) is 0.196. The Hall–Kier alpha value is -4.96. The van der Waals surface area contributed by atoms with E-state index in [0.29, 0.717) is 29.8 Å². The van der Waals surface area contributed by atoms with Crippen LogP contribution < -0.4 is 5.32 Å². The fraction of sp³-hybridized carbons (Fsp3) is 0.242. The number of carbonyl (C=O) groups is 1. The Morgan fingerprint density at radius 2 is 1.72 bits per heavy atom. The number of amides is 1. The van der Waals surface area contributed by atoms with Crippen molar-refractivity contribution in [3.05, 3.63) is 108 Å². The van der Waals surface area contributed by atoms with Gasteiger partial charge in [0.1, 0.15) is 11.5 Å². The van der Waals surface area contributed by atoms with Crippen LogP contribution in [0.3, 0.4) is 0 Å². The van der Waals surface area contributed by atoms with E-state index in [4.69, 9.17) is 10.1 Å². The van der Waals surface area contributed by atoms with Gasteiger partial charge in [-0.25, -0.2) is 14.4 Å². The molecule has 5 aromatic rings. The van der Waals surface area contributed by atoms with Crippen molar-refractivity contribution >= 4 is 17.5 Å². The Balaban J connectivity index is 1.20. The molecule has 0 bridgehead atoms. The van der Waals surface area contributed by atoms with Gasteiger partial charge >= 0.3 is 0 Å². The highest BCUT2D eigenvalue weighted by Crippen LogP contribution is 2.30. The van der Waals surface area contributed by atoms with Crippen LogP contribution in [0.5, 0.6) is 0 Å². The van der Waals surface area contributed by atoms with E-state index in [1.54, 1.807) is 30.7 Å². The number of piperazine rings is 1. The Kier molecular flexibility index (Phi) is 8.19. The maximum Gasteiger partial charge on any atom is 0.253 e. The van der Waals surface area contributed by atoms with E-state index < -0.39 is 0 Å². The topological polar surface area (TPSA) is 92.1 Å². The predicted molar refractivity (Wildman–Crippen MR) is 164 cm³/mol. The number of carbonyl (C=O) groups excluding carboxylic acids is 1. The first-order chi connectivity index (χ1) is 20.9. The van der Waals surface area contributed by atoms with Crippen molar-refractivity contribution in [2.24, 2.45) is 0 Å². The average Bonchev–Trinajstić information content (AvgIpc) is 3.47. The zero-order chi connectivity index (χ0) is 29.8. The maximum absolute atomic E-state index is 13.4. The lowest BCUT2D eigenvalue weighted by Gasteiger charge is -2.37. The summed E-state index contributed by atoms with van der Waals surface area (Å²) in [7, 11) is 0. The number of benzene rings is 2. The number of pyridine rings is 1. The average molecular weight is 577 g/mol. The summed E-state index contributed by atoms with van der Waals surface area (Å²) in [5, 5.41) is 8.09. The Morgan fingerprint density at radius 3 is 2.42 bits per heavy atom. The van der Waals surface area contributed by atoms with E-state index in [1.165, 1.54) is 12.1 Å². The number of hydrogen-bond donors (Lipinski definition) is 1. The van der Waals surface area contributed by atoms with Gasteiger partial charge in [-0.15, -0.1) is 0 Å². The van der Waals surface area contributed by atoms with Crippen LogP contribution in [0.2, 0.25) is 0 Å². The third kappa shape index (κ3) is 6.60. The molecule has 0 aliphatic carbocycles. The molecular weight excluding hydrogens is 543 g/mol. The lowest BCUT2D eigenvalue weighted by Crippen LogP contribution is -2.50. The van der Waals surface area contributed by atoms with E-state index >= 15 is 0 Å². The normalized spacial score (nSPS) is 13.8. The summed E-state index contributed by atoms with van der Waals surface area (Å²) >= 11 is 0. The first-order valence-corrected chi connectivity index (χ1v) is 14.4. The highest BCUT2D eigenvalue weighted by atomic mass is 19.1. The summed E-state index contributed by atoms with van der Waals surface area (Å²) in [4.78, 5) is 30.8. The zero-order valence-electron chi connectivity index (χ0n) is 24.2. The summed E-state index contributed by atoms with van der Waals surface area (Å²) in [6.07, 6.45) is 7.11. The van der Waals surface area contributed by atoms with E-state index in [1.807, 2.05) is 58.2 Å². The van der Waals surface area contributed by atoms with Gasteiger partial charge in [-0.3, -0.25) is 19.4 Å². The molecule has 218 valence electrons. The molecule has 0 atom stereocenters. The van der Waals surface area contributed by atoms with Gasteiger partial charge in [0.25, 0.3) is 5.91 Å². The molecule has 1 saturated heterocycles. The van der Waals surface area contributed by atoms with Crippen LogP contribution in [-0.4, -0.2) is 72.7 Å². The molecule has 6 rings (SSSR count). The van der Waals surface area contributed by atoms with Crippen LogP contribution in [0.4, 0.5) is 16.0 Å². The quantitative estimate of drug-likeness (QED) is 0.261. The molecule has 1 N–H and O–H groups in total. The van der Waals surface area contributed by atoms with Gasteiger partial charge < -0.3 is 10.2 Å². The molecule has 1 aliphatic heterocycles. The molecule has 10 heteroatoms. The molecule has 1 amide bonds. The highest BCUT2D eigenvalue weighted by molar-refractivity contribution is 5.94. The van der Waals surface area contributed by atoms with Gasteiger partial charge in [0.15, 0.2) is 0 Å². The fourth-order valence-electron chi connectivity index (χ4n) is 5.20. The van der Waals surface area contributed by atoms with E-state index in [9.17, 15) is 9.18 Å². The van der Waals surface area contributed by atoms with Crippen molar-refractivity contribution in [3.63, 3.8) is 0 Å². The Labute approximate surface area is 250 Å². The van der Waals surface area contributed by atoms with Crippen molar-refractivity contribution in [2.45, 2.75) is 26.4 Å². The third-order valence-corrected chi connectivity index (χ3v) is 7.61. The van der Waals surface area contributed by atoms with Gasteiger partial charge in [-0.05, 0) is 74.0 Å². The minimum Gasteiger partial charge on any atom is -0.336 e. The Morgan fingerprint density at radius 1 is 0.953 bits per heavy atom. The second-order valence-corrected chi connectivity index (χ2v) is 10.8. The van der Waals surface area contributed by atoms with E-state index in [0.717, 1.165) is 54.3 Å². The minimum absolute atomic E-state index is 0.0498.